The van der Waals surface area contributed by atoms with Gasteiger partial charge in [-0.25, -0.2) is 9.18 Å². The molecule has 2 aromatic rings. The van der Waals surface area contributed by atoms with Crippen LogP contribution in [-0.4, -0.2) is 55.6 Å². The normalized spacial score (nSPS) is 20.6. The van der Waals surface area contributed by atoms with Gasteiger partial charge in [0.15, 0.2) is 5.82 Å². The van der Waals surface area contributed by atoms with Crippen molar-refractivity contribution >= 4 is 23.1 Å². The maximum atomic E-state index is 15.5. The summed E-state index contributed by atoms with van der Waals surface area (Å²) < 4.78 is 21.9. The molecule has 4 heterocycles. The number of ether oxygens (including phenoxy) is 1. The third-order valence-corrected chi connectivity index (χ3v) is 7.83. The van der Waals surface area contributed by atoms with Gasteiger partial charge in [0.1, 0.15) is 5.56 Å². The molecule has 2 aliphatic heterocycles. The number of amides is 1. The molecule has 194 valence electrons. The first-order valence-corrected chi connectivity index (χ1v) is 13.2. The third kappa shape index (κ3) is 4.73. The number of hydrogen-bond acceptors (Lipinski definition) is 6. The molecule has 1 aliphatic carbocycles. The van der Waals surface area contributed by atoms with E-state index >= 15 is 4.39 Å². The Morgan fingerprint density at radius 2 is 1.94 bits per heavy atom. The van der Waals surface area contributed by atoms with E-state index in [1.165, 1.54) is 10.6 Å². The van der Waals surface area contributed by atoms with Crippen molar-refractivity contribution in [2.45, 2.75) is 51.9 Å². The summed E-state index contributed by atoms with van der Waals surface area (Å²) in [6, 6.07) is 1.66. The number of nitrogens with zero attached hydrogens (tertiary/aromatic N) is 2. The van der Waals surface area contributed by atoms with Crippen LogP contribution in [0.3, 0.4) is 0 Å². The van der Waals surface area contributed by atoms with Gasteiger partial charge in [0, 0.05) is 25.6 Å². The number of piperidine rings is 1. The second-order valence-corrected chi connectivity index (χ2v) is 10.4. The summed E-state index contributed by atoms with van der Waals surface area (Å²) in [5.41, 5.74) is 2.21. The first-order chi connectivity index (χ1) is 17.4. The van der Waals surface area contributed by atoms with Crippen molar-refractivity contribution in [1.82, 2.24) is 15.0 Å². The van der Waals surface area contributed by atoms with Gasteiger partial charge in [-0.3, -0.25) is 14.0 Å². The SMILES string of the molecule is CCOC(=O)c1cc(C2CC2)c2c(C)c(N3CC[C@H](CNC(=O)C4CCNCC4)C3)c(F)cn2c1=O. The number of aryl methyl sites for hydroxylation is 1. The Morgan fingerprint density at radius 1 is 1.19 bits per heavy atom. The summed E-state index contributed by atoms with van der Waals surface area (Å²) in [5.74, 6) is -0.472. The number of pyridine rings is 2. The number of fused-ring (bicyclic) bond motifs is 1. The molecular formula is C27H35FN4O4. The molecule has 1 atom stereocenters. The largest absolute Gasteiger partial charge is 0.462 e. The average molecular weight is 499 g/mol. The van der Waals surface area contributed by atoms with Crippen molar-refractivity contribution in [1.29, 1.82) is 0 Å². The molecule has 1 amide bonds. The minimum absolute atomic E-state index is 0.0477. The number of esters is 1. The third-order valence-electron chi connectivity index (χ3n) is 7.83. The number of anilines is 1. The van der Waals surface area contributed by atoms with Crippen LogP contribution in [0.25, 0.3) is 5.52 Å². The van der Waals surface area contributed by atoms with Gasteiger partial charge in [0.2, 0.25) is 5.91 Å². The molecule has 0 bridgehead atoms. The smallest absolute Gasteiger partial charge is 0.343 e. The lowest BCUT2D eigenvalue weighted by Crippen LogP contribution is -2.40. The van der Waals surface area contributed by atoms with Gasteiger partial charge in [0.25, 0.3) is 5.56 Å². The van der Waals surface area contributed by atoms with E-state index in [1.807, 2.05) is 11.8 Å². The van der Waals surface area contributed by atoms with Crippen molar-refractivity contribution in [3.63, 3.8) is 0 Å². The summed E-state index contributed by atoms with van der Waals surface area (Å²) in [6.07, 6.45) is 5.77. The molecule has 2 N–H and O–H groups in total. The van der Waals surface area contributed by atoms with E-state index in [-0.39, 0.29) is 35.8 Å². The molecule has 1 saturated carbocycles. The zero-order valence-corrected chi connectivity index (χ0v) is 21.1. The van der Waals surface area contributed by atoms with E-state index in [9.17, 15) is 14.4 Å². The van der Waals surface area contributed by atoms with Gasteiger partial charge >= 0.3 is 5.97 Å². The Kier molecular flexibility index (Phi) is 7.01. The summed E-state index contributed by atoms with van der Waals surface area (Å²) in [4.78, 5) is 40.1. The number of hydrogen-bond donors (Lipinski definition) is 2. The molecule has 5 rings (SSSR count). The molecule has 2 aromatic heterocycles. The lowest BCUT2D eigenvalue weighted by atomic mass is 9.97. The van der Waals surface area contributed by atoms with Crippen LogP contribution in [0.2, 0.25) is 0 Å². The molecule has 2 saturated heterocycles. The van der Waals surface area contributed by atoms with Crippen molar-refractivity contribution in [3.05, 3.63) is 45.1 Å². The summed E-state index contributed by atoms with van der Waals surface area (Å²) in [6.45, 7) is 7.39. The molecular weight excluding hydrogens is 463 g/mol. The van der Waals surface area contributed by atoms with Crippen molar-refractivity contribution < 1.29 is 18.7 Å². The average Bonchev–Trinajstić information content (AvgIpc) is 3.62. The molecule has 36 heavy (non-hydrogen) atoms. The van der Waals surface area contributed by atoms with E-state index in [1.54, 1.807) is 13.0 Å². The highest BCUT2D eigenvalue weighted by atomic mass is 19.1. The fraction of sp³-hybridized carbons (Fsp3) is 0.593. The van der Waals surface area contributed by atoms with E-state index in [2.05, 4.69) is 10.6 Å². The molecule has 8 nitrogen and oxygen atoms in total. The highest BCUT2D eigenvalue weighted by Gasteiger charge is 2.33. The minimum Gasteiger partial charge on any atom is -0.462 e. The van der Waals surface area contributed by atoms with Gasteiger partial charge in [-0.05, 0) is 88.1 Å². The van der Waals surface area contributed by atoms with Crippen molar-refractivity contribution in [3.8, 4) is 0 Å². The first kappa shape index (κ1) is 24.7. The van der Waals surface area contributed by atoms with Crippen molar-refractivity contribution in [2.24, 2.45) is 11.8 Å². The molecule has 0 unspecified atom stereocenters. The van der Waals surface area contributed by atoms with Gasteiger partial charge < -0.3 is 20.3 Å². The van der Waals surface area contributed by atoms with Crippen LogP contribution in [0.5, 0.6) is 0 Å². The van der Waals surface area contributed by atoms with E-state index in [4.69, 9.17) is 4.74 Å². The summed E-state index contributed by atoms with van der Waals surface area (Å²) in [5, 5.41) is 6.40. The van der Waals surface area contributed by atoms with Crippen LogP contribution in [0.1, 0.15) is 66.4 Å². The quantitative estimate of drug-likeness (QED) is 0.571. The monoisotopic (exact) mass is 498 g/mol. The number of nitrogens with one attached hydrogen (secondary N) is 2. The van der Waals surface area contributed by atoms with Gasteiger partial charge in [-0.15, -0.1) is 0 Å². The second kappa shape index (κ2) is 10.2. The van der Waals surface area contributed by atoms with Crippen LogP contribution in [-0.2, 0) is 9.53 Å². The first-order valence-electron chi connectivity index (χ1n) is 13.2. The molecule has 9 heteroatoms. The summed E-state index contributed by atoms with van der Waals surface area (Å²) in [7, 11) is 0. The highest BCUT2D eigenvalue weighted by Crippen LogP contribution is 2.44. The molecule has 3 aliphatic rings. The fourth-order valence-electron chi connectivity index (χ4n) is 5.77. The Bertz CT molecular complexity index is 1230. The van der Waals surface area contributed by atoms with Crippen LogP contribution in [0.15, 0.2) is 17.1 Å². The van der Waals surface area contributed by atoms with Crippen LogP contribution >= 0.6 is 0 Å². The maximum Gasteiger partial charge on any atom is 0.343 e. The zero-order chi connectivity index (χ0) is 25.4. The van der Waals surface area contributed by atoms with Gasteiger partial charge in [-0.1, -0.05) is 0 Å². The lowest BCUT2D eigenvalue weighted by Gasteiger charge is -2.25. The maximum absolute atomic E-state index is 15.5. The fourth-order valence-corrected chi connectivity index (χ4v) is 5.77. The standard InChI is InChI=1S/C27H35FN4O4/c1-3-36-27(35)21-12-20(18-4-5-18)23-16(2)24(22(28)15-32(23)26(21)34)31-11-8-17(14-31)13-30-25(33)19-6-9-29-10-7-19/h12,15,17-19,29H,3-11,13-14H2,1-2H3,(H,30,33)/t17-/m1/s1. The zero-order valence-electron chi connectivity index (χ0n) is 21.1. The van der Waals surface area contributed by atoms with Crippen LogP contribution < -0.4 is 21.1 Å². The summed E-state index contributed by atoms with van der Waals surface area (Å²) >= 11 is 0. The van der Waals surface area contributed by atoms with Crippen LogP contribution in [0.4, 0.5) is 10.1 Å². The second-order valence-electron chi connectivity index (χ2n) is 10.4. The predicted octanol–water partition coefficient (Wildman–Crippen LogP) is 2.74. The van der Waals surface area contributed by atoms with E-state index < -0.39 is 17.3 Å². The topological polar surface area (TPSA) is 92.2 Å². The Labute approximate surface area is 210 Å². The Hall–Kier alpha value is -2.94. The number of halogens is 1. The number of carbonyl (C=O) groups is 2. The van der Waals surface area contributed by atoms with Crippen LogP contribution in [0, 0.1) is 24.6 Å². The number of aromatic nitrogens is 1. The van der Waals surface area contributed by atoms with E-state index in [0.717, 1.165) is 50.8 Å². The molecule has 0 spiro atoms. The van der Waals surface area contributed by atoms with E-state index in [0.29, 0.717) is 36.4 Å². The molecule has 0 radical (unpaired) electrons. The Balaban J connectivity index is 1.40. The van der Waals surface area contributed by atoms with Gasteiger partial charge in [0.05, 0.1) is 24.0 Å². The number of carbonyl (C=O) groups excluding carboxylic acids is 2. The predicted molar refractivity (Wildman–Crippen MR) is 135 cm³/mol. The van der Waals surface area contributed by atoms with Crippen molar-refractivity contribution in [2.75, 3.05) is 44.2 Å². The lowest BCUT2D eigenvalue weighted by molar-refractivity contribution is -0.125. The highest BCUT2D eigenvalue weighted by molar-refractivity contribution is 5.90. The molecule has 0 aromatic carbocycles. The molecule has 3 fully saturated rings. The Morgan fingerprint density at radius 3 is 2.64 bits per heavy atom. The minimum atomic E-state index is -0.671. The number of rotatable bonds is 7. The van der Waals surface area contributed by atoms with Gasteiger partial charge in [-0.2, -0.15) is 0 Å².